The first-order valence-corrected chi connectivity index (χ1v) is 7.36. The summed E-state index contributed by atoms with van der Waals surface area (Å²) in [4.78, 5) is 21.1. The smallest absolute Gasteiger partial charge is 0.270 e. The minimum absolute atomic E-state index is 0.130. The molecular weight excluding hydrogens is 314 g/mol. The van der Waals surface area contributed by atoms with E-state index in [1.54, 1.807) is 24.3 Å². The highest BCUT2D eigenvalue weighted by molar-refractivity contribution is 5.80. The Morgan fingerprint density at radius 2 is 1.62 bits per heavy atom. The van der Waals surface area contributed by atoms with Gasteiger partial charge in [-0.1, -0.05) is 0 Å². The molecule has 0 atom stereocenters. The van der Waals surface area contributed by atoms with E-state index in [4.69, 9.17) is 14.2 Å². The normalized spacial score (nSPS) is 10.0. The maximum Gasteiger partial charge on any atom is 0.270 e. The van der Waals surface area contributed by atoms with Gasteiger partial charge in [0.05, 0.1) is 17.1 Å². The van der Waals surface area contributed by atoms with Gasteiger partial charge in [-0.15, -0.1) is 0 Å². The Bertz CT molecular complexity index is 699. The zero-order valence-electron chi connectivity index (χ0n) is 13.1. The molecule has 0 fully saturated rings. The molecule has 0 N–H and O–H groups in total. The Balaban J connectivity index is 1.85. The van der Waals surface area contributed by atoms with Gasteiger partial charge < -0.3 is 14.2 Å². The summed E-state index contributed by atoms with van der Waals surface area (Å²) in [6, 6.07) is 11.0. The van der Waals surface area contributed by atoms with E-state index >= 15 is 0 Å². The molecule has 24 heavy (non-hydrogen) atoms. The van der Waals surface area contributed by atoms with E-state index in [1.807, 2.05) is 6.92 Å². The molecule has 0 aliphatic carbocycles. The second-order valence-corrected chi connectivity index (χ2v) is 4.70. The van der Waals surface area contributed by atoms with Gasteiger partial charge in [-0.3, -0.25) is 14.9 Å². The van der Waals surface area contributed by atoms with Crippen LogP contribution >= 0.6 is 0 Å². The highest BCUT2D eigenvalue weighted by Crippen LogP contribution is 2.23. The lowest BCUT2D eigenvalue weighted by Crippen LogP contribution is -2.10. The Hall–Kier alpha value is -3.09. The van der Waals surface area contributed by atoms with Crippen LogP contribution in [0.3, 0.4) is 0 Å². The summed E-state index contributed by atoms with van der Waals surface area (Å²) in [5.74, 6) is 1.72. The molecule has 0 aromatic heterocycles. The van der Waals surface area contributed by atoms with Gasteiger partial charge in [0.15, 0.2) is 6.29 Å². The molecule has 0 saturated carbocycles. The molecule has 2 aromatic rings. The van der Waals surface area contributed by atoms with E-state index in [9.17, 15) is 14.9 Å². The highest BCUT2D eigenvalue weighted by atomic mass is 16.6. The van der Waals surface area contributed by atoms with Gasteiger partial charge in [-0.05, 0) is 37.3 Å². The van der Waals surface area contributed by atoms with Crippen molar-refractivity contribution in [2.24, 2.45) is 0 Å². The number of nitrogens with zero attached hydrogens (tertiary/aromatic N) is 1. The number of aldehydes is 1. The second kappa shape index (κ2) is 8.52. The standard InChI is InChI=1S/C17H17NO6/c1-2-22-15-4-6-16(7-5-15)23-9-10-24-17-8-3-14(18(20)21)11-13(17)12-19/h3-8,11-12H,2,9-10H2,1H3. The third kappa shape index (κ3) is 4.70. The zero-order chi connectivity index (χ0) is 17.4. The summed E-state index contributed by atoms with van der Waals surface area (Å²) in [6.45, 7) is 2.98. The predicted molar refractivity (Wildman–Crippen MR) is 87.1 cm³/mol. The molecule has 0 unspecified atom stereocenters. The summed E-state index contributed by atoms with van der Waals surface area (Å²) in [7, 11) is 0. The number of rotatable bonds is 9. The molecule has 0 aliphatic rings. The average Bonchev–Trinajstić information content (AvgIpc) is 2.60. The first-order valence-electron chi connectivity index (χ1n) is 7.36. The Kier molecular flexibility index (Phi) is 6.13. The quantitative estimate of drug-likeness (QED) is 0.303. The molecule has 126 valence electrons. The van der Waals surface area contributed by atoms with Gasteiger partial charge in [0.2, 0.25) is 0 Å². The first-order chi connectivity index (χ1) is 11.6. The van der Waals surface area contributed by atoms with Gasteiger partial charge in [-0.2, -0.15) is 0 Å². The van der Waals surface area contributed by atoms with Gasteiger partial charge in [-0.25, -0.2) is 0 Å². The van der Waals surface area contributed by atoms with E-state index in [1.165, 1.54) is 18.2 Å². The molecule has 0 bridgehead atoms. The molecule has 0 amide bonds. The lowest BCUT2D eigenvalue weighted by Gasteiger charge is -2.10. The Morgan fingerprint density at radius 1 is 1.00 bits per heavy atom. The van der Waals surface area contributed by atoms with Crippen LogP contribution < -0.4 is 14.2 Å². The SMILES string of the molecule is CCOc1ccc(OCCOc2ccc([N+](=O)[O-])cc2C=O)cc1. The van der Waals surface area contributed by atoms with Crippen LogP contribution in [0.25, 0.3) is 0 Å². The number of ether oxygens (including phenoxy) is 3. The van der Waals surface area contributed by atoms with Crippen molar-refractivity contribution in [1.82, 2.24) is 0 Å². The van der Waals surface area contributed by atoms with Crippen LogP contribution in [0.15, 0.2) is 42.5 Å². The fourth-order valence-electron chi connectivity index (χ4n) is 1.98. The van der Waals surface area contributed by atoms with E-state index in [0.717, 1.165) is 5.75 Å². The van der Waals surface area contributed by atoms with Crippen molar-refractivity contribution in [2.75, 3.05) is 19.8 Å². The van der Waals surface area contributed by atoms with Gasteiger partial charge in [0, 0.05) is 12.1 Å². The van der Waals surface area contributed by atoms with E-state index in [-0.39, 0.29) is 30.2 Å². The third-order valence-corrected chi connectivity index (χ3v) is 3.08. The van der Waals surface area contributed by atoms with Crippen molar-refractivity contribution in [1.29, 1.82) is 0 Å². The van der Waals surface area contributed by atoms with Crippen molar-refractivity contribution in [3.8, 4) is 17.2 Å². The topological polar surface area (TPSA) is 87.9 Å². The Labute approximate surface area is 138 Å². The lowest BCUT2D eigenvalue weighted by molar-refractivity contribution is -0.384. The molecular formula is C17H17NO6. The van der Waals surface area contributed by atoms with E-state index < -0.39 is 4.92 Å². The summed E-state index contributed by atoms with van der Waals surface area (Å²) < 4.78 is 16.3. The van der Waals surface area contributed by atoms with Crippen LogP contribution in [0.5, 0.6) is 17.2 Å². The van der Waals surface area contributed by atoms with Gasteiger partial charge in [0.1, 0.15) is 30.5 Å². The summed E-state index contributed by atoms with van der Waals surface area (Å²) >= 11 is 0. The molecule has 0 saturated heterocycles. The van der Waals surface area contributed by atoms with Crippen molar-refractivity contribution in [3.63, 3.8) is 0 Å². The molecule has 0 radical (unpaired) electrons. The number of nitro benzene ring substituents is 1. The maximum atomic E-state index is 11.0. The van der Waals surface area contributed by atoms with Crippen molar-refractivity contribution in [3.05, 3.63) is 58.1 Å². The van der Waals surface area contributed by atoms with Gasteiger partial charge in [0.25, 0.3) is 5.69 Å². The second-order valence-electron chi connectivity index (χ2n) is 4.70. The predicted octanol–water partition coefficient (Wildman–Crippen LogP) is 3.26. The zero-order valence-corrected chi connectivity index (χ0v) is 13.1. The maximum absolute atomic E-state index is 11.0. The summed E-state index contributed by atoms with van der Waals surface area (Å²) in [5, 5.41) is 10.7. The average molecular weight is 331 g/mol. The third-order valence-electron chi connectivity index (χ3n) is 3.08. The first kappa shape index (κ1) is 17.3. The van der Waals surface area contributed by atoms with Gasteiger partial charge >= 0.3 is 0 Å². The summed E-state index contributed by atoms with van der Waals surface area (Å²) in [6.07, 6.45) is 0.523. The van der Waals surface area contributed by atoms with E-state index in [0.29, 0.717) is 18.6 Å². The number of benzene rings is 2. The fourth-order valence-corrected chi connectivity index (χ4v) is 1.98. The van der Waals surface area contributed by atoms with Crippen LogP contribution in [0.2, 0.25) is 0 Å². The molecule has 2 rings (SSSR count). The van der Waals surface area contributed by atoms with Crippen LogP contribution in [0.1, 0.15) is 17.3 Å². The number of non-ortho nitro benzene ring substituents is 1. The van der Waals surface area contributed by atoms with Crippen LogP contribution in [-0.4, -0.2) is 31.0 Å². The van der Waals surface area contributed by atoms with Crippen LogP contribution in [0.4, 0.5) is 5.69 Å². The highest BCUT2D eigenvalue weighted by Gasteiger charge is 2.11. The van der Waals surface area contributed by atoms with E-state index in [2.05, 4.69) is 0 Å². The minimum Gasteiger partial charge on any atom is -0.494 e. The van der Waals surface area contributed by atoms with Crippen molar-refractivity contribution >= 4 is 12.0 Å². The van der Waals surface area contributed by atoms with Crippen molar-refractivity contribution < 1.29 is 23.9 Å². The number of carbonyl (C=O) groups excluding carboxylic acids is 1. The number of nitro groups is 1. The molecule has 0 heterocycles. The number of hydrogen-bond donors (Lipinski definition) is 0. The largest absolute Gasteiger partial charge is 0.494 e. The monoisotopic (exact) mass is 331 g/mol. The number of hydrogen-bond acceptors (Lipinski definition) is 6. The molecule has 2 aromatic carbocycles. The summed E-state index contributed by atoms with van der Waals surface area (Å²) in [5.41, 5.74) is -0.0274. The fraction of sp³-hybridized carbons (Fsp3) is 0.235. The molecule has 0 spiro atoms. The Morgan fingerprint density at radius 3 is 2.21 bits per heavy atom. The molecule has 7 heteroatoms. The molecule has 7 nitrogen and oxygen atoms in total. The number of carbonyl (C=O) groups is 1. The van der Waals surface area contributed by atoms with Crippen molar-refractivity contribution in [2.45, 2.75) is 6.92 Å². The van der Waals surface area contributed by atoms with Crippen LogP contribution in [0, 0.1) is 10.1 Å². The molecule has 0 aliphatic heterocycles. The lowest BCUT2D eigenvalue weighted by atomic mass is 10.2. The van der Waals surface area contributed by atoms with Crippen LogP contribution in [-0.2, 0) is 0 Å². The minimum atomic E-state index is -0.564.